The van der Waals surface area contributed by atoms with Crippen molar-refractivity contribution in [3.8, 4) is 0 Å². The van der Waals surface area contributed by atoms with Crippen molar-refractivity contribution in [3.05, 3.63) is 51.8 Å². The van der Waals surface area contributed by atoms with Crippen LogP contribution in [0.3, 0.4) is 0 Å². The smallest absolute Gasteiger partial charge is 0.159 e. The summed E-state index contributed by atoms with van der Waals surface area (Å²) in [6, 6.07) is 3.59. The molecule has 1 unspecified atom stereocenters. The van der Waals surface area contributed by atoms with Crippen LogP contribution in [0.5, 0.6) is 0 Å². The van der Waals surface area contributed by atoms with Gasteiger partial charge in [-0.1, -0.05) is 6.07 Å². The van der Waals surface area contributed by atoms with E-state index in [4.69, 9.17) is 0 Å². The summed E-state index contributed by atoms with van der Waals surface area (Å²) < 4.78 is 28.0. The highest BCUT2D eigenvalue weighted by atomic mass is 79.9. The molecular formula is C12H11BrF2N2O. The van der Waals surface area contributed by atoms with Crippen LogP contribution < -0.4 is 0 Å². The highest BCUT2D eigenvalue weighted by Crippen LogP contribution is 2.25. The SMILES string of the molecule is Cn1ncc(Br)c1C(O)Cc1ccc(F)c(F)c1. The third-order valence-electron chi connectivity index (χ3n) is 2.67. The van der Waals surface area contributed by atoms with Crippen molar-refractivity contribution in [1.82, 2.24) is 9.78 Å². The minimum atomic E-state index is -0.913. The van der Waals surface area contributed by atoms with Gasteiger partial charge in [0.1, 0.15) is 6.10 Å². The molecule has 0 saturated heterocycles. The van der Waals surface area contributed by atoms with Gasteiger partial charge in [-0.05, 0) is 33.6 Å². The van der Waals surface area contributed by atoms with Crippen LogP contribution in [0.4, 0.5) is 8.78 Å². The Kier molecular flexibility index (Phi) is 3.77. The molecule has 0 amide bonds. The van der Waals surface area contributed by atoms with E-state index < -0.39 is 17.7 Å². The van der Waals surface area contributed by atoms with Gasteiger partial charge in [0.25, 0.3) is 0 Å². The van der Waals surface area contributed by atoms with Crippen molar-refractivity contribution in [2.45, 2.75) is 12.5 Å². The summed E-state index contributed by atoms with van der Waals surface area (Å²) in [5.41, 5.74) is 1.12. The molecule has 6 heteroatoms. The van der Waals surface area contributed by atoms with Crippen molar-refractivity contribution in [2.24, 2.45) is 7.05 Å². The molecule has 1 atom stereocenters. The van der Waals surface area contributed by atoms with E-state index >= 15 is 0 Å². The lowest BCUT2D eigenvalue weighted by atomic mass is 10.1. The fourth-order valence-electron chi connectivity index (χ4n) is 1.78. The van der Waals surface area contributed by atoms with Crippen LogP contribution in [0.15, 0.2) is 28.9 Å². The van der Waals surface area contributed by atoms with Gasteiger partial charge in [0, 0.05) is 13.5 Å². The van der Waals surface area contributed by atoms with Gasteiger partial charge >= 0.3 is 0 Å². The molecule has 0 radical (unpaired) electrons. The second kappa shape index (κ2) is 5.16. The third kappa shape index (κ3) is 2.59. The Balaban J connectivity index is 2.21. The number of aliphatic hydroxyl groups excluding tert-OH is 1. The highest BCUT2D eigenvalue weighted by Gasteiger charge is 2.17. The largest absolute Gasteiger partial charge is 0.386 e. The molecule has 18 heavy (non-hydrogen) atoms. The van der Waals surface area contributed by atoms with Crippen LogP contribution in [0.2, 0.25) is 0 Å². The summed E-state index contributed by atoms with van der Waals surface area (Å²) >= 11 is 3.28. The first-order valence-electron chi connectivity index (χ1n) is 5.28. The molecule has 0 saturated carbocycles. The highest BCUT2D eigenvalue weighted by molar-refractivity contribution is 9.10. The van der Waals surface area contributed by atoms with Gasteiger partial charge in [-0.3, -0.25) is 4.68 Å². The lowest BCUT2D eigenvalue weighted by Gasteiger charge is -2.12. The zero-order valence-corrected chi connectivity index (χ0v) is 11.2. The quantitative estimate of drug-likeness (QED) is 0.945. The Bertz CT molecular complexity index is 552. The number of nitrogens with zero attached hydrogens (tertiary/aromatic N) is 2. The van der Waals surface area contributed by atoms with Crippen LogP contribution in [0, 0.1) is 11.6 Å². The number of halogens is 3. The molecule has 2 aromatic rings. The lowest BCUT2D eigenvalue weighted by molar-refractivity contribution is 0.167. The summed E-state index contributed by atoms with van der Waals surface area (Å²) in [6.07, 6.45) is 0.927. The second-order valence-corrected chi connectivity index (χ2v) is 4.82. The maximum absolute atomic E-state index is 13.0. The van der Waals surface area contributed by atoms with E-state index in [-0.39, 0.29) is 6.42 Å². The average Bonchev–Trinajstić information content (AvgIpc) is 2.64. The fourth-order valence-corrected chi connectivity index (χ4v) is 2.39. The van der Waals surface area contributed by atoms with Gasteiger partial charge in [-0.15, -0.1) is 0 Å². The summed E-state index contributed by atoms with van der Waals surface area (Å²) in [5.74, 6) is -1.81. The first kappa shape index (κ1) is 13.2. The number of hydrogen-bond donors (Lipinski definition) is 1. The minimum absolute atomic E-state index is 0.190. The monoisotopic (exact) mass is 316 g/mol. The fraction of sp³-hybridized carbons (Fsp3) is 0.250. The summed E-state index contributed by atoms with van der Waals surface area (Å²) in [5, 5.41) is 14.1. The van der Waals surface area contributed by atoms with E-state index in [2.05, 4.69) is 21.0 Å². The average molecular weight is 317 g/mol. The standard InChI is InChI=1S/C12H11BrF2N2O/c1-17-12(8(13)6-16-17)11(18)5-7-2-3-9(14)10(15)4-7/h2-4,6,11,18H,5H2,1H3. The summed E-state index contributed by atoms with van der Waals surface area (Å²) in [4.78, 5) is 0. The molecule has 1 N–H and O–H groups in total. The molecule has 0 aliphatic heterocycles. The molecule has 96 valence electrons. The summed E-state index contributed by atoms with van der Waals surface area (Å²) in [7, 11) is 1.70. The number of aliphatic hydroxyl groups is 1. The molecule has 1 aromatic carbocycles. The Morgan fingerprint density at radius 2 is 2.11 bits per heavy atom. The predicted molar refractivity (Wildman–Crippen MR) is 65.9 cm³/mol. The van der Waals surface area contributed by atoms with Gasteiger partial charge in [0.15, 0.2) is 11.6 Å². The van der Waals surface area contributed by atoms with Crippen LogP contribution in [0.1, 0.15) is 17.4 Å². The van der Waals surface area contributed by atoms with Crippen LogP contribution in [0.25, 0.3) is 0 Å². The summed E-state index contributed by atoms with van der Waals surface area (Å²) in [6.45, 7) is 0. The molecule has 0 spiro atoms. The van der Waals surface area contributed by atoms with Crippen molar-refractivity contribution in [2.75, 3.05) is 0 Å². The van der Waals surface area contributed by atoms with Gasteiger partial charge < -0.3 is 5.11 Å². The van der Waals surface area contributed by atoms with Crippen LogP contribution in [-0.4, -0.2) is 14.9 Å². The predicted octanol–water partition coefficient (Wildman–Crippen LogP) is 2.74. The molecule has 2 rings (SSSR count). The number of aromatic nitrogens is 2. The lowest BCUT2D eigenvalue weighted by Crippen LogP contribution is -2.09. The topological polar surface area (TPSA) is 38.0 Å². The Labute approximate surface area is 111 Å². The number of benzene rings is 1. The number of aryl methyl sites for hydroxylation is 1. The number of hydrogen-bond acceptors (Lipinski definition) is 2. The first-order chi connectivity index (χ1) is 8.49. The number of rotatable bonds is 3. The van der Waals surface area contributed by atoms with E-state index in [0.717, 1.165) is 12.1 Å². The molecule has 0 aliphatic rings. The molecule has 3 nitrogen and oxygen atoms in total. The van der Waals surface area contributed by atoms with E-state index in [0.29, 0.717) is 15.7 Å². The zero-order chi connectivity index (χ0) is 13.3. The zero-order valence-electron chi connectivity index (χ0n) is 9.57. The molecule has 0 bridgehead atoms. The van der Waals surface area contributed by atoms with E-state index in [1.54, 1.807) is 13.2 Å². The van der Waals surface area contributed by atoms with Crippen molar-refractivity contribution < 1.29 is 13.9 Å². The van der Waals surface area contributed by atoms with Crippen molar-refractivity contribution in [3.63, 3.8) is 0 Å². The van der Waals surface area contributed by atoms with Gasteiger partial charge in [-0.2, -0.15) is 5.10 Å². The third-order valence-corrected chi connectivity index (χ3v) is 3.28. The van der Waals surface area contributed by atoms with Crippen LogP contribution in [-0.2, 0) is 13.5 Å². The maximum Gasteiger partial charge on any atom is 0.159 e. The Morgan fingerprint density at radius 1 is 1.39 bits per heavy atom. The van der Waals surface area contributed by atoms with E-state index in [9.17, 15) is 13.9 Å². The van der Waals surface area contributed by atoms with Gasteiger partial charge in [-0.25, -0.2) is 8.78 Å². The van der Waals surface area contributed by atoms with E-state index in [1.165, 1.54) is 10.7 Å². The second-order valence-electron chi connectivity index (χ2n) is 3.97. The Morgan fingerprint density at radius 3 is 2.67 bits per heavy atom. The normalized spacial score (nSPS) is 12.7. The van der Waals surface area contributed by atoms with Gasteiger partial charge in [0.05, 0.1) is 16.4 Å². The minimum Gasteiger partial charge on any atom is -0.386 e. The van der Waals surface area contributed by atoms with Crippen molar-refractivity contribution in [1.29, 1.82) is 0 Å². The molecule has 1 heterocycles. The van der Waals surface area contributed by atoms with Crippen molar-refractivity contribution >= 4 is 15.9 Å². The molecular weight excluding hydrogens is 306 g/mol. The maximum atomic E-state index is 13.0. The van der Waals surface area contributed by atoms with Gasteiger partial charge in [0.2, 0.25) is 0 Å². The molecule has 1 aromatic heterocycles. The molecule has 0 aliphatic carbocycles. The molecule has 0 fully saturated rings. The van der Waals surface area contributed by atoms with Crippen LogP contribution >= 0.6 is 15.9 Å². The first-order valence-corrected chi connectivity index (χ1v) is 6.07. The Hall–Kier alpha value is -1.27. The van der Waals surface area contributed by atoms with E-state index in [1.807, 2.05) is 0 Å².